The Balaban J connectivity index is 1.70. The number of aryl methyl sites for hydroxylation is 2. The van der Waals surface area contributed by atoms with E-state index in [9.17, 15) is 9.90 Å². The number of pyridine rings is 1. The summed E-state index contributed by atoms with van der Waals surface area (Å²) < 4.78 is 17.1. The van der Waals surface area contributed by atoms with Crippen molar-refractivity contribution in [3.8, 4) is 23.0 Å². The molecule has 1 N–H and O–H groups in total. The Labute approximate surface area is 208 Å². The number of carbonyl (C=O) groups is 1. The number of rotatable bonds is 7. The monoisotopic (exact) mass is 492 g/mol. The van der Waals surface area contributed by atoms with Crippen molar-refractivity contribution in [3.63, 3.8) is 0 Å². The maximum atomic E-state index is 12.1. The summed E-state index contributed by atoms with van der Waals surface area (Å²) in [6, 6.07) is 16.2. The van der Waals surface area contributed by atoms with Crippen molar-refractivity contribution in [1.82, 2.24) is 4.98 Å². The molecule has 1 amide bonds. The number of benzene rings is 3. The molecule has 0 fully saturated rings. The SMILES string of the molecule is COc1cc2nccc(Oc3cc(C)c(N(Cc4cccc(Cl)c4)C(=O)O)cc3C)c2cc1OC. The number of aromatic nitrogens is 1. The van der Waals surface area contributed by atoms with Crippen LogP contribution in [0.15, 0.2) is 60.8 Å². The second kappa shape index (κ2) is 10.1. The van der Waals surface area contributed by atoms with Crippen molar-refractivity contribution in [2.75, 3.05) is 19.1 Å². The topological polar surface area (TPSA) is 81.1 Å². The molecule has 3 aromatic carbocycles. The minimum Gasteiger partial charge on any atom is -0.493 e. The fourth-order valence-corrected chi connectivity index (χ4v) is 4.12. The lowest BCUT2D eigenvalue weighted by molar-refractivity contribution is 0.201. The average Bonchev–Trinajstić information content (AvgIpc) is 2.84. The molecule has 4 aromatic rings. The molecular formula is C27H25ClN2O5. The second-order valence-corrected chi connectivity index (χ2v) is 8.47. The Kier molecular flexibility index (Phi) is 6.98. The van der Waals surface area contributed by atoms with E-state index >= 15 is 0 Å². The molecule has 1 aromatic heterocycles. The third-order valence-electron chi connectivity index (χ3n) is 5.67. The molecule has 0 saturated heterocycles. The third-order valence-corrected chi connectivity index (χ3v) is 5.91. The molecule has 0 atom stereocenters. The average molecular weight is 493 g/mol. The predicted molar refractivity (Wildman–Crippen MR) is 136 cm³/mol. The first-order valence-electron chi connectivity index (χ1n) is 10.9. The van der Waals surface area contributed by atoms with Crippen LogP contribution in [-0.4, -0.2) is 30.4 Å². The molecule has 8 heteroatoms. The van der Waals surface area contributed by atoms with Gasteiger partial charge in [-0.25, -0.2) is 4.79 Å². The van der Waals surface area contributed by atoms with E-state index in [0.717, 1.165) is 22.1 Å². The van der Waals surface area contributed by atoms with Crippen LogP contribution < -0.4 is 19.1 Å². The van der Waals surface area contributed by atoms with Gasteiger partial charge in [0.15, 0.2) is 11.5 Å². The zero-order valence-corrected chi connectivity index (χ0v) is 20.6. The summed E-state index contributed by atoms with van der Waals surface area (Å²) in [6.45, 7) is 3.91. The van der Waals surface area contributed by atoms with Crippen LogP contribution >= 0.6 is 11.6 Å². The molecule has 0 aliphatic heterocycles. The zero-order chi connectivity index (χ0) is 25.1. The minimum atomic E-state index is -1.05. The van der Waals surface area contributed by atoms with Crippen LogP contribution in [0.2, 0.25) is 5.02 Å². The summed E-state index contributed by atoms with van der Waals surface area (Å²) in [5.74, 6) is 2.36. The molecule has 180 valence electrons. The molecule has 35 heavy (non-hydrogen) atoms. The highest BCUT2D eigenvalue weighted by Crippen LogP contribution is 2.39. The largest absolute Gasteiger partial charge is 0.493 e. The number of hydrogen-bond donors (Lipinski definition) is 1. The quantitative estimate of drug-likeness (QED) is 0.299. The maximum absolute atomic E-state index is 12.1. The van der Waals surface area contributed by atoms with E-state index in [1.807, 2.05) is 38.1 Å². The van der Waals surface area contributed by atoms with Gasteiger partial charge >= 0.3 is 6.09 Å². The van der Waals surface area contributed by atoms with E-state index in [1.165, 1.54) is 4.90 Å². The van der Waals surface area contributed by atoms with E-state index in [4.69, 9.17) is 25.8 Å². The van der Waals surface area contributed by atoms with E-state index < -0.39 is 6.09 Å². The number of ether oxygens (including phenoxy) is 3. The van der Waals surface area contributed by atoms with Gasteiger partial charge < -0.3 is 19.3 Å². The first-order valence-corrected chi connectivity index (χ1v) is 11.2. The summed E-state index contributed by atoms with van der Waals surface area (Å²) in [5.41, 5.74) is 3.61. The number of hydrogen-bond acceptors (Lipinski definition) is 5. The molecule has 0 aliphatic rings. The highest BCUT2D eigenvalue weighted by molar-refractivity contribution is 6.30. The Morgan fingerprint density at radius 1 is 0.943 bits per heavy atom. The number of nitrogens with zero attached hydrogens (tertiary/aromatic N) is 2. The second-order valence-electron chi connectivity index (χ2n) is 8.04. The van der Waals surface area contributed by atoms with Gasteiger partial charge in [-0.1, -0.05) is 23.7 Å². The standard InChI is InChI=1S/C27H25ClN2O5/c1-16-11-24(35-23-8-9-29-21-14-26(34-4)25(33-3)13-20(21)23)17(2)10-22(16)30(27(31)32)15-18-6-5-7-19(28)12-18/h5-14H,15H2,1-4H3,(H,31,32). The van der Waals surface area contributed by atoms with Crippen molar-refractivity contribution in [2.24, 2.45) is 0 Å². The van der Waals surface area contributed by atoms with E-state index in [-0.39, 0.29) is 6.54 Å². The molecular weight excluding hydrogens is 468 g/mol. The number of carboxylic acid groups (broad SMARTS) is 1. The molecule has 0 spiro atoms. The number of methoxy groups -OCH3 is 2. The van der Waals surface area contributed by atoms with Gasteiger partial charge in [0, 0.05) is 22.7 Å². The normalized spacial score (nSPS) is 10.8. The number of halogens is 1. The van der Waals surface area contributed by atoms with E-state index in [0.29, 0.717) is 39.2 Å². The van der Waals surface area contributed by atoms with Gasteiger partial charge in [-0.3, -0.25) is 9.88 Å². The Bertz CT molecular complexity index is 1410. The first-order chi connectivity index (χ1) is 16.8. The van der Waals surface area contributed by atoms with Gasteiger partial charge in [0.25, 0.3) is 0 Å². The van der Waals surface area contributed by atoms with Gasteiger partial charge in [-0.05, 0) is 66.9 Å². The molecule has 7 nitrogen and oxygen atoms in total. The number of amides is 1. The fraction of sp³-hybridized carbons (Fsp3) is 0.185. The van der Waals surface area contributed by atoms with Crippen molar-refractivity contribution in [1.29, 1.82) is 0 Å². The van der Waals surface area contributed by atoms with Gasteiger partial charge in [0.05, 0.1) is 32.0 Å². The summed E-state index contributed by atoms with van der Waals surface area (Å²) in [7, 11) is 3.15. The van der Waals surface area contributed by atoms with Crippen LogP contribution in [-0.2, 0) is 6.54 Å². The Hall–Kier alpha value is -3.97. The number of fused-ring (bicyclic) bond motifs is 1. The first kappa shape index (κ1) is 24.2. The molecule has 4 rings (SSSR count). The smallest absolute Gasteiger partial charge is 0.412 e. The summed E-state index contributed by atoms with van der Waals surface area (Å²) in [4.78, 5) is 17.8. The van der Waals surface area contributed by atoms with Crippen molar-refractivity contribution in [2.45, 2.75) is 20.4 Å². The summed E-state index contributed by atoms with van der Waals surface area (Å²) in [5, 5.41) is 11.2. The van der Waals surface area contributed by atoms with Crippen LogP contribution in [0.3, 0.4) is 0 Å². The van der Waals surface area contributed by atoms with Crippen LogP contribution in [0, 0.1) is 13.8 Å². The van der Waals surface area contributed by atoms with Gasteiger partial charge in [0.2, 0.25) is 0 Å². The van der Waals surface area contributed by atoms with Crippen molar-refractivity contribution >= 4 is 34.3 Å². The predicted octanol–water partition coefficient (Wildman–Crippen LogP) is 7.00. The lowest BCUT2D eigenvalue weighted by atomic mass is 10.1. The summed E-state index contributed by atoms with van der Waals surface area (Å²) >= 11 is 6.08. The molecule has 0 bridgehead atoms. The fourth-order valence-electron chi connectivity index (χ4n) is 3.90. The molecule has 0 saturated carbocycles. The summed E-state index contributed by atoms with van der Waals surface area (Å²) in [6.07, 6.45) is 0.611. The maximum Gasteiger partial charge on any atom is 0.412 e. The third kappa shape index (κ3) is 5.10. The van der Waals surface area contributed by atoms with Crippen molar-refractivity contribution in [3.05, 3.63) is 82.5 Å². The van der Waals surface area contributed by atoms with Crippen LogP contribution in [0.5, 0.6) is 23.0 Å². The molecule has 1 heterocycles. The highest BCUT2D eigenvalue weighted by Gasteiger charge is 2.20. The minimum absolute atomic E-state index is 0.174. The van der Waals surface area contributed by atoms with Crippen LogP contribution in [0.1, 0.15) is 16.7 Å². The van der Waals surface area contributed by atoms with Gasteiger partial charge in [0.1, 0.15) is 11.5 Å². The Morgan fingerprint density at radius 3 is 2.37 bits per heavy atom. The molecule has 0 aliphatic carbocycles. The molecule has 0 unspecified atom stereocenters. The van der Waals surface area contributed by atoms with Gasteiger partial charge in [-0.2, -0.15) is 0 Å². The van der Waals surface area contributed by atoms with Crippen LogP contribution in [0.25, 0.3) is 10.9 Å². The van der Waals surface area contributed by atoms with Gasteiger partial charge in [-0.15, -0.1) is 0 Å². The Morgan fingerprint density at radius 2 is 1.69 bits per heavy atom. The molecule has 0 radical (unpaired) electrons. The lowest BCUT2D eigenvalue weighted by Gasteiger charge is -2.23. The number of anilines is 1. The van der Waals surface area contributed by atoms with E-state index in [1.54, 1.807) is 50.7 Å². The lowest BCUT2D eigenvalue weighted by Crippen LogP contribution is -2.29. The van der Waals surface area contributed by atoms with Crippen molar-refractivity contribution < 1.29 is 24.1 Å². The van der Waals surface area contributed by atoms with E-state index in [2.05, 4.69) is 4.98 Å². The van der Waals surface area contributed by atoms with Crippen LogP contribution in [0.4, 0.5) is 10.5 Å². The highest BCUT2D eigenvalue weighted by atomic mass is 35.5. The zero-order valence-electron chi connectivity index (χ0n) is 19.8.